The van der Waals surface area contributed by atoms with Gasteiger partial charge in [-0.15, -0.1) is 0 Å². The third kappa shape index (κ3) is 5.39. The molecule has 1 amide bonds. The van der Waals surface area contributed by atoms with Gasteiger partial charge < -0.3 is 5.32 Å². The minimum Gasteiger partial charge on any atom is -0.366 e. The molecular formula is C28H26ClN5O. The van der Waals surface area contributed by atoms with E-state index in [1.54, 1.807) is 29.7 Å². The molecule has 7 heteroatoms. The number of pyridine rings is 2. The Bertz CT molecular complexity index is 1330. The van der Waals surface area contributed by atoms with Gasteiger partial charge >= 0.3 is 0 Å². The molecule has 35 heavy (non-hydrogen) atoms. The molecule has 1 aliphatic rings. The Labute approximate surface area is 210 Å². The zero-order chi connectivity index (χ0) is 24.8. The molecule has 0 spiro atoms. The summed E-state index contributed by atoms with van der Waals surface area (Å²) in [5.74, 6) is 0.855. The summed E-state index contributed by atoms with van der Waals surface area (Å²) in [7, 11) is 0. The third-order valence-corrected chi connectivity index (χ3v) is 5.94. The van der Waals surface area contributed by atoms with Gasteiger partial charge in [-0.2, -0.15) is 0 Å². The first-order chi connectivity index (χ1) is 17.0. The lowest BCUT2D eigenvalue weighted by Crippen LogP contribution is -2.41. The molecule has 1 N–H and O–H groups in total. The molecule has 3 aromatic rings. The molecule has 3 heterocycles. The zero-order valence-corrected chi connectivity index (χ0v) is 20.5. The Balaban J connectivity index is 1.63. The highest BCUT2D eigenvalue weighted by molar-refractivity contribution is 6.37. The van der Waals surface area contributed by atoms with Crippen LogP contribution in [0.5, 0.6) is 0 Å². The predicted molar refractivity (Wildman–Crippen MR) is 141 cm³/mol. The monoisotopic (exact) mass is 483 g/mol. The maximum atomic E-state index is 13.5. The van der Waals surface area contributed by atoms with Crippen molar-refractivity contribution in [2.45, 2.75) is 20.4 Å². The summed E-state index contributed by atoms with van der Waals surface area (Å²) >= 11 is 6.67. The fourth-order valence-electron chi connectivity index (χ4n) is 3.82. The summed E-state index contributed by atoms with van der Waals surface area (Å²) in [5.41, 5.74) is 4.93. The van der Waals surface area contributed by atoms with Crippen LogP contribution < -0.4 is 5.32 Å². The Morgan fingerprint density at radius 2 is 1.91 bits per heavy atom. The van der Waals surface area contributed by atoms with Crippen molar-refractivity contribution in [3.63, 3.8) is 0 Å². The number of hydrogen-bond donors (Lipinski definition) is 1. The number of aliphatic imine (C=N–C) groups is 1. The fourth-order valence-corrected chi connectivity index (χ4v) is 4.11. The van der Waals surface area contributed by atoms with Crippen LogP contribution in [0.15, 0.2) is 102 Å². The predicted octanol–water partition coefficient (Wildman–Crippen LogP) is 5.65. The van der Waals surface area contributed by atoms with E-state index in [-0.39, 0.29) is 5.91 Å². The van der Waals surface area contributed by atoms with E-state index < -0.39 is 0 Å². The molecule has 0 fully saturated rings. The van der Waals surface area contributed by atoms with Crippen molar-refractivity contribution < 1.29 is 4.79 Å². The van der Waals surface area contributed by atoms with E-state index in [0.717, 1.165) is 22.3 Å². The number of aromatic nitrogens is 2. The summed E-state index contributed by atoms with van der Waals surface area (Å²) in [5, 5.41) is 3.69. The lowest BCUT2D eigenvalue weighted by Gasteiger charge is -2.30. The normalized spacial score (nSPS) is 15.9. The standard InChI is InChI=1S/C28H26ClN5O/c1-4-21-14-25(24-11-10-22(15-26(24)29)23-9-7-13-31-18-23)28(35)34(5-2)27(21)33-19(3)32-17-20-8-6-12-30-16-20/h4,6-16,18,32H,3,5,17H2,1-2H3/b21-4-,33-27+. The summed E-state index contributed by atoms with van der Waals surface area (Å²) in [4.78, 5) is 28.1. The van der Waals surface area contributed by atoms with E-state index in [4.69, 9.17) is 11.6 Å². The van der Waals surface area contributed by atoms with Gasteiger partial charge in [0.15, 0.2) is 0 Å². The summed E-state index contributed by atoms with van der Waals surface area (Å²) in [6, 6.07) is 13.4. The summed E-state index contributed by atoms with van der Waals surface area (Å²) in [6.45, 7) is 8.85. The second-order valence-corrected chi connectivity index (χ2v) is 8.29. The van der Waals surface area contributed by atoms with Crippen molar-refractivity contribution in [1.29, 1.82) is 0 Å². The van der Waals surface area contributed by atoms with E-state index in [2.05, 4.69) is 26.9 Å². The van der Waals surface area contributed by atoms with Crippen molar-refractivity contribution in [2.75, 3.05) is 6.54 Å². The molecule has 0 unspecified atom stereocenters. The van der Waals surface area contributed by atoms with Crippen molar-refractivity contribution in [2.24, 2.45) is 4.99 Å². The van der Waals surface area contributed by atoms with Gasteiger partial charge in [-0.3, -0.25) is 19.7 Å². The number of carbonyl (C=O) groups is 1. The van der Waals surface area contributed by atoms with Crippen molar-refractivity contribution >= 4 is 28.9 Å². The largest absolute Gasteiger partial charge is 0.366 e. The molecule has 1 aliphatic heterocycles. The number of nitrogens with one attached hydrogen (secondary N) is 1. The van der Waals surface area contributed by atoms with E-state index in [0.29, 0.717) is 40.9 Å². The number of carbonyl (C=O) groups excluding carboxylic acids is 1. The van der Waals surface area contributed by atoms with Crippen LogP contribution in [0.4, 0.5) is 0 Å². The topological polar surface area (TPSA) is 70.5 Å². The second-order valence-electron chi connectivity index (χ2n) is 7.88. The average Bonchev–Trinajstić information content (AvgIpc) is 2.89. The van der Waals surface area contributed by atoms with E-state index in [1.165, 1.54) is 0 Å². The minimum absolute atomic E-state index is 0.159. The van der Waals surface area contributed by atoms with Crippen LogP contribution in [0.2, 0.25) is 5.02 Å². The number of benzene rings is 1. The minimum atomic E-state index is -0.159. The molecule has 0 aliphatic carbocycles. The number of amides is 1. The van der Waals surface area contributed by atoms with Crippen LogP contribution in [0.3, 0.4) is 0 Å². The molecule has 6 nitrogen and oxygen atoms in total. The Kier molecular flexibility index (Phi) is 7.53. The summed E-state index contributed by atoms with van der Waals surface area (Å²) < 4.78 is 0. The molecule has 0 atom stereocenters. The van der Waals surface area contributed by atoms with Crippen LogP contribution in [-0.2, 0) is 11.3 Å². The first kappa shape index (κ1) is 24.1. The molecule has 0 saturated carbocycles. The lowest BCUT2D eigenvalue weighted by molar-refractivity contribution is -0.121. The molecule has 0 saturated heterocycles. The zero-order valence-electron chi connectivity index (χ0n) is 19.7. The van der Waals surface area contributed by atoms with Gasteiger partial charge in [0.1, 0.15) is 11.7 Å². The van der Waals surface area contributed by atoms with Gasteiger partial charge in [0.25, 0.3) is 5.91 Å². The van der Waals surface area contributed by atoms with Gasteiger partial charge in [0.05, 0.1) is 0 Å². The highest BCUT2D eigenvalue weighted by Gasteiger charge is 2.30. The van der Waals surface area contributed by atoms with Gasteiger partial charge in [-0.1, -0.05) is 48.5 Å². The number of allylic oxidation sites excluding steroid dienone is 1. The smallest absolute Gasteiger partial charge is 0.260 e. The van der Waals surface area contributed by atoms with Gasteiger partial charge in [0.2, 0.25) is 0 Å². The number of hydrogen-bond acceptors (Lipinski definition) is 5. The first-order valence-electron chi connectivity index (χ1n) is 11.3. The molecule has 0 bridgehead atoms. The third-order valence-electron chi connectivity index (χ3n) is 5.63. The van der Waals surface area contributed by atoms with Crippen LogP contribution in [0.1, 0.15) is 25.0 Å². The maximum absolute atomic E-state index is 13.5. The fraction of sp³-hybridized carbons (Fsp3) is 0.143. The van der Waals surface area contributed by atoms with E-state index in [9.17, 15) is 4.79 Å². The van der Waals surface area contributed by atoms with Crippen LogP contribution in [-0.4, -0.2) is 33.2 Å². The number of halogens is 1. The van der Waals surface area contributed by atoms with Crippen molar-refractivity contribution in [1.82, 2.24) is 20.2 Å². The van der Waals surface area contributed by atoms with E-state index >= 15 is 0 Å². The highest BCUT2D eigenvalue weighted by atomic mass is 35.5. The maximum Gasteiger partial charge on any atom is 0.260 e. The van der Waals surface area contributed by atoms with Crippen molar-refractivity contribution in [3.8, 4) is 11.1 Å². The van der Waals surface area contributed by atoms with Gasteiger partial charge in [0, 0.05) is 65.2 Å². The molecule has 176 valence electrons. The van der Waals surface area contributed by atoms with Gasteiger partial charge in [-0.05, 0) is 49.2 Å². The first-order valence-corrected chi connectivity index (χ1v) is 11.7. The van der Waals surface area contributed by atoms with E-state index in [1.807, 2.05) is 68.5 Å². The summed E-state index contributed by atoms with van der Waals surface area (Å²) in [6.07, 6.45) is 10.8. The van der Waals surface area contributed by atoms with Crippen LogP contribution in [0, 0.1) is 0 Å². The molecule has 4 rings (SSSR count). The van der Waals surface area contributed by atoms with Gasteiger partial charge in [-0.25, -0.2) is 4.99 Å². The number of rotatable bonds is 7. The SMILES string of the molecule is C=C(/N=C1\C(=C/C)C=C(c2ccc(-c3cccnc3)cc2Cl)C(=O)N1CC)NCc1cccnc1. The Hall–Kier alpha value is -4.03. The quantitative estimate of drug-likeness (QED) is 0.471. The van der Waals surface area contributed by atoms with Crippen molar-refractivity contribution in [3.05, 3.63) is 114 Å². The number of amidine groups is 1. The second kappa shape index (κ2) is 10.9. The van der Waals surface area contributed by atoms with Crippen LogP contribution in [0.25, 0.3) is 16.7 Å². The molecular weight excluding hydrogens is 458 g/mol. The Morgan fingerprint density at radius 1 is 1.14 bits per heavy atom. The molecule has 2 aromatic heterocycles. The molecule has 0 radical (unpaired) electrons. The highest BCUT2D eigenvalue weighted by Crippen LogP contribution is 2.33. The lowest BCUT2D eigenvalue weighted by atomic mass is 9.95. The Morgan fingerprint density at radius 3 is 2.54 bits per heavy atom. The molecule has 1 aromatic carbocycles. The average molecular weight is 484 g/mol. The van der Waals surface area contributed by atoms with Crippen LogP contribution >= 0.6 is 11.6 Å². The number of nitrogens with zero attached hydrogens (tertiary/aromatic N) is 4. The number of likely N-dealkylation sites (N-methyl/N-ethyl adjacent to an activating group) is 1.